The first-order valence-corrected chi connectivity index (χ1v) is 7.38. The number of carbonyl (C=O) groups excluding carboxylic acids is 2. The molecule has 1 aromatic carbocycles. The minimum Gasteiger partial charge on any atom is -0.459 e. The van der Waals surface area contributed by atoms with Gasteiger partial charge in [0.25, 0.3) is 0 Å². The number of piperidine rings is 1. The van der Waals surface area contributed by atoms with E-state index < -0.39 is 12.0 Å². The van der Waals surface area contributed by atoms with E-state index in [0.29, 0.717) is 0 Å². The lowest BCUT2D eigenvalue weighted by Gasteiger charge is -2.23. The first-order chi connectivity index (χ1) is 10.2. The molecule has 1 atom stereocenters. The van der Waals surface area contributed by atoms with Gasteiger partial charge in [-0.3, -0.25) is 4.79 Å². The van der Waals surface area contributed by atoms with Gasteiger partial charge >= 0.3 is 5.97 Å². The number of rotatable bonds is 5. The van der Waals surface area contributed by atoms with Crippen LogP contribution in [0.3, 0.4) is 0 Å². The summed E-state index contributed by atoms with van der Waals surface area (Å²) in [5, 5.41) is 5.96. The van der Waals surface area contributed by atoms with E-state index in [1.54, 1.807) is 6.92 Å². The zero-order valence-electron chi connectivity index (χ0n) is 12.3. The molecule has 21 heavy (non-hydrogen) atoms. The number of amides is 1. The molecule has 0 aliphatic carbocycles. The van der Waals surface area contributed by atoms with Gasteiger partial charge in [0, 0.05) is 5.92 Å². The second-order valence-electron chi connectivity index (χ2n) is 5.35. The molecule has 1 saturated heterocycles. The van der Waals surface area contributed by atoms with Crippen molar-refractivity contribution in [1.29, 1.82) is 0 Å². The third kappa shape index (κ3) is 4.86. The van der Waals surface area contributed by atoms with Gasteiger partial charge in [0.2, 0.25) is 5.91 Å². The zero-order valence-corrected chi connectivity index (χ0v) is 12.3. The normalized spacial score (nSPS) is 17.0. The van der Waals surface area contributed by atoms with Crippen LogP contribution in [0.4, 0.5) is 0 Å². The minimum absolute atomic E-state index is 0.00405. The number of carbonyl (C=O) groups is 2. The van der Waals surface area contributed by atoms with E-state index in [4.69, 9.17) is 4.74 Å². The fraction of sp³-hybridized carbons (Fsp3) is 0.500. The Morgan fingerprint density at radius 2 is 1.95 bits per heavy atom. The molecule has 1 amide bonds. The Morgan fingerprint density at radius 1 is 1.29 bits per heavy atom. The molecule has 2 N–H and O–H groups in total. The van der Waals surface area contributed by atoms with Gasteiger partial charge < -0.3 is 15.4 Å². The molecule has 5 heteroatoms. The van der Waals surface area contributed by atoms with Crippen LogP contribution in [0.1, 0.15) is 25.3 Å². The highest BCUT2D eigenvalue weighted by Crippen LogP contribution is 2.12. The second kappa shape index (κ2) is 7.78. The molecular formula is C16H22N2O3. The molecule has 0 spiro atoms. The maximum Gasteiger partial charge on any atom is 0.328 e. The molecular weight excluding hydrogens is 268 g/mol. The largest absolute Gasteiger partial charge is 0.459 e. The highest BCUT2D eigenvalue weighted by Gasteiger charge is 2.24. The Bertz CT molecular complexity index is 470. The van der Waals surface area contributed by atoms with Crippen LogP contribution in [0.15, 0.2) is 30.3 Å². The van der Waals surface area contributed by atoms with E-state index in [0.717, 1.165) is 31.5 Å². The van der Waals surface area contributed by atoms with E-state index in [1.165, 1.54) is 0 Å². The van der Waals surface area contributed by atoms with E-state index in [-0.39, 0.29) is 18.4 Å². The van der Waals surface area contributed by atoms with Gasteiger partial charge in [-0.15, -0.1) is 0 Å². The quantitative estimate of drug-likeness (QED) is 0.801. The average Bonchev–Trinajstić information content (AvgIpc) is 2.54. The Balaban J connectivity index is 1.75. The van der Waals surface area contributed by atoms with Crippen molar-refractivity contribution in [3.05, 3.63) is 35.9 Å². The number of hydrogen-bond acceptors (Lipinski definition) is 4. The summed E-state index contributed by atoms with van der Waals surface area (Å²) in [6, 6.07) is 8.87. The van der Waals surface area contributed by atoms with Crippen LogP contribution in [0.5, 0.6) is 0 Å². The van der Waals surface area contributed by atoms with Crippen molar-refractivity contribution >= 4 is 11.9 Å². The van der Waals surface area contributed by atoms with Crippen LogP contribution in [0.2, 0.25) is 0 Å². The molecule has 1 aliphatic heterocycles. The lowest BCUT2D eigenvalue weighted by atomic mass is 9.97. The molecule has 1 fully saturated rings. The van der Waals surface area contributed by atoms with Crippen LogP contribution in [0.25, 0.3) is 0 Å². The molecule has 114 valence electrons. The summed E-state index contributed by atoms with van der Waals surface area (Å²) in [4.78, 5) is 23.9. The van der Waals surface area contributed by atoms with Crippen LogP contribution in [-0.4, -0.2) is 31.0 Å². The number of benzene rings is 1. The lowest BCUT2D eigenvalue weighted by Crippen LogP contribution is -2.45. The molecule has 5 nitrogen and oxygen atoms in total. The average molecular weight is 290 g/mol. The Hall–Kier alpha value is -1.88. The van der Waals surface area contributed by atoms with Crippen LogP contribution in [0, 0.1) is 5.92 Å². The SMILES string of the molecule is C[C@H](NC(=O)C1CCNCC1)C(=O)OCc1ccccc1. The van der Waals surface area contributed by atoms with Crippen LogP contribution < -0.4 is 10.6 Å². The van der Waals surface area contributed by atoms with E-state index in [2.05, 4.69) is 10.6 Å². The number of nitrogens with one attached hydrogen (secondary N) is 2. The lowest BCUT2D eigenvalue weighted by molar-refractivity contribution is -0.149. The van der Waals surface area contributed by atoms with Crippen LogP contribution in [-0.2, 0) is 20.9 Å². The van der Waals surface area contributed by atoms with E-state index >= 15 is 0 Å². The van der Waals surface area contributed by atoms with Gasteiger partial charge in [-0.1, -0.05) is 30.3 Å². The Labute approximate surface area is 125 Å². The Kier molecular flexibility index (Phi) is 5.75. The molecule has 2 rings (SSSR count). The van der Waals surface area contributed by atoms with Gasteiger partial charge in [-0.25, -0.2) is 4.79 Å². The number of ether oxygens (including phenoxy) is 1. The first-order valence-electron chi connectivity index (χ1n) is 7.38. The molecule has 1 aliphatic rings. The Morgan fingerprint density at radius 3 is 2.62 bits per heavy atom. The van der Waals surface area contributed by atoms with Gasteiger partial charge in [0.1, 0.15) is 12.6 Å². The fourth-order valence-corrected chi connectivity index (χ4v) is 2.33. The maximum atomic E-state index is 12.0. The van der Waals surface area contributed by atoms with Crippen molar-refractivity contribution in [3.8, 4) is 0 Å². The smallest absolute Gasteiger partial charge is 0.328 e. The monoisotopic (exact) mass is 290 g/mol. The van der Waals surface area contributed by atoms with E-state index in [1.807, 2.05) is 30.3 Å². The van der Waals surface area contributed by atoms with Crippen molar-refractivity contribution in [1.82, 2.24) is 10.6 Å². The van der Waals surface area contributed by atoms with Gasteiger partial charge in [0.05, 0.1) is 0 Å². The maximum absolute atomic E-state index is 12.0. The molecule has 0 bridgehead atoms. The summed E-state index contributed by atoms with van der Waals surface area (Å²) in [6.45, 7) is 3.59. The first kappa shape index (κ1) is 15.5. The van der Waals surface area contributed by atoms with Crippen LogP contribution >= 0.6 is 0 Å². The van der Waals surface area contributed by atoms with Crippen molar-refractivity contribution < 1.29 is 14.3 Å². The van der Waals surface area contributed by atoms with Crippen molar-refractivity contribution in [2.75, 3.05) is 13.1 Å². The third-order valence-electron chi connectivity index (χ3n) is 3.65. The molecule has 0 radical (unpaired) electrons. The van der Waals surface area contributed by atoms with Gasteiger partial charge in [-0.2, -0.15) is 0 Å². The van der Waals surface area contributed by atoms with Gasteiger partial charge in [-0.05, 0) is 38.4 Å². The third-order valence-corrected chi connectivity index (χ3v) is 3.65. The van der Waals surface area contributed by atoms with E-state index in [9.17, 15) is 9.59 Å². The van der Waals surface area contributed by atoms with Crippen molar-refractivity contribution in [2.45, 2.75) is 32.4 Å². The fourth-order valence-electron chi connectivity index (χ4n) is 2.33. The van der Waals surface area contributed by atoms with Crippen molar-refractivity contribution in [3.63, 3.8) is 0 Å². The molecule has 0 unspecified atom stereocenters. The predicted molar refractivity (Wildman–Crippen MR) is 79.4 cm³/mol. The van der Waals surface area contributed by atoms with Crippen molar-refractivity contribution in [2.24, 2.45) is 5.92 Å². The summed E-state index contributed by atoms with van der Waals surface area (Å²) >= 11 is 0. The summed E-state index contributed by atoms with van der Waals surface area (Å²) in [6.07, 6.45) is 1.63. The van der Waals surface area contributed by atoms with Gasteiger partial charge in [0.15, 0.2) is 0 Å². The highest BCUT2D eigenvalue weighted by atomic mass is 16.5. The molecule has 1 heterocycles. The summed E-state index contributed by atoms with van der Waals surface area (Å²) in [5.74, 6) is -0.461. The summed E-state index contributed by atoms with van der Waals surface area (Å²) < 4.78 is 5.21. The molecule has 1 aromatic rings. The summed E-state index contributed by atoms with van der Waals surface area (Å²) in [5.41, 5.74) is 0.933. The number of hydrogen-bond donors (Lipinski definition) is 2. The number of esters is 1. The standard InChI is InChI=1S/C16H22N2O3/c1-12(18-15(19)14-7-9-17-10-8-14)16(20)21-11-13-5-3-2-4-6-13/h2-6,12,14,17H,7-11H2,1H3,(H,18,19)/t12-/m0/s1. The highest BCUT2D eigenvalue weighted by molar-refractivity contribution is 5.85. The minimum atomic E-state index is -0.615. The summed E-state index contributed by atoms with van der Waals surface area (Å²) in [7, 11) is 0. The topological polar surface area (TPSA) is 67.4 Å². The zero-order chi connectivity index (χ0) is 15.1. The second-order valence-corrected chi connectivity index (χ2v) is 5.35. The molecule has 0 saturated carbocycles. The molecule has 0 aromatic heterocycles. The predicted octanol–water partition coefficient (Wildman–Crippen LogP) is 1.23.